The largest absolute Gasteiger partial charge is 0.478 e. The molecule has 1 aromatic rings. The minimum absolute atomic E-state index is 0.0181. The number of hydrogen-bond donors (Lipinski definition) is 2. The van der Waals surface area contributed by atoms with E-state index < -0.39 is 11.8 Å². The fourth-order valence-corrected chi connectivity index (χ4v) is 2.66. The molecule has 0 spiro atoms. The number of likely N-dealkylation sites (tertiary alicyclic amines) is 1. The Balaban J connectivity index is 1.99. The van der Waals surface area contributed by atoms with Crippen LogP contribution in [-0.4, -0.2) is 41.7 Å². The second kappa shape index (κ2) is 6.70. The fourth-order valence-electron chi connectivity index (χ4n) is 2.66. The molecule has 110 valence electrons. The van der Waals surface area contributed by atoms with E-state index in [1.54, 1.807) is 0 Å². The van der Waals surface area contributed by atoms with Gasteiger partial charge < -0.3 is 15.3 Å². The number of aromatic carboxylic acids is 1. The molecule has 1 unspecified atom stereocenters. The van der Waals surface area contributed by atoms with Crippen LogP contribution in [0.25, 0.3) is 0 Å². The van der Waals surface area contributed by atoms with Crippen LogP contribution in [0.4, 0.5) is 10.1 Å². The van der Waals surface area contributed by atoms with Crippen LogP contribution in [0.1, 0.15) is 36.5 Å². The molecule has 4 nitrogen and oxygen atoms in total. The van der Waals surface area contributed by atoms with Gasteiger partial charge in [0.05, 0.1) is 5.56 Å². The number of carboxylic acids is 1. The van der Waals surface area contributed by atoms with Crippen LogP contribution in [0.5, 0.6) is 0 Å². The Bertz CT molecular complexity index is 473. The lowest BCUT2D eigenvalue weighted by atomic mass is 10.1. The number of carbonyl (C=O) groups is 1. The fraction of sp³-hybridized carbons (Fsp3) is 0.533. The molecule has 2 rings (SSSR count). The minimum Gasteiger partial charge on any atom is -0.478 e. The first-order valence-electron chi connectivity index (χ1n) is 7.08. The predicted octanol–water partition coefficient (Wildman–Crippen LogP) is 2.81. The third-order valence-electron chi connectivity index (χ3n) is 3.59. The molecule has 1 heterocycles. The zero-order chi connectivity index (χ0) is 14.5. The van der Waals surface area contributed by atoms with E-state index in [0.29, 0.717) is 5.69 Å². The summed E-state index contributed by atoms with van der Waals surface area (Å²) in [5, 5.41) is 12.3. The Labute approximate surface area is 118 Å². The third-order valence-corrected chi connectivity index (χ3v) is 3.59. The van der Waals surface area contributed by atoms with Gasteiger partial charge in [-0.15, -0.1) is 0 Å². The van der Waals surface area contributed by atoms with Gasteiger partial charge in [-0.25, -0.2) is 9.18 Å². The van der Waals surface area contributed by atoms with Gasteiger partial charge in [0.1, 0.15) is 5.82 Å². The smallest absolute Gasteiger partial charge is 0.337 e. The number of carboxylic acid groups (broad SMARTS) is 1. The molecule has 1 aliphatic rings. The van der Waals surface area contributed by atoms with Crippen molar-refractivity contribution in [2.45, 2.75) is 32.2 Å². The number of nitrogens with one attached hydrogen (secondary N) is 1. The number of nitrogens with zero attached hydrogens (tertiary/aromatic N) is 1. The van der Waals surface area contributed by atoms with Crippen molar-refractivity contribution in [2.24, 2.45) is 0 Å². The van der Waals surface area contributed by atoms with Crippen LogP contribution in [0, 0.1) is 5.82 Å². The number of anilines is 1. The highest BCUT2D eigenvalue weighted by Gasteiger charge is 2.16. The molecule has 0 saturated carbocycles. The van der Waals surface area contributed by atoms with Gasteiger partial charge in [-0.1, -0.05) is 6.42 Å². The minimum atomic E-state index is -1.11. The number of halogens is 1. The molecular weight excluding hydrogens is 259 g/mol. The molecule has 1 saturated heterocycles. The van der Waals surface area contributed by atoms with E-state index >= 15 is 0 Å². The summed E-state index contributed by atoms with van der Waals surface area (Å²) in [7, 11) is 0. The summed E-state index contributed by atoms with van der Waals surface area (Å²) in [5.41, 5.74) is 0.457. The summed E-state index contributed by atoms with van der Waals surface area (Å²) in [4.78, 5) is 13.5. The van der Waals surface area contributed by atoms with Gasteiger partial charge in [0, 0.05) is 18.3 Å². The van der Waals surface area contributed by atoms with E-state index in [1.165, 1.54) is 31.4 Å². The number of piperidine rings is 1. The topological polar surface area (TPSA) is 52.6 Å². The first kappa shape index (κ1) is 14.8. The zero-order valence-electron chi connectivity index (χ0n) is 11.7. The molecule has 0 aromatic heterocycles. The SMILES string of the molecule is CC(CN1CCCCC1)Nc1ccc(F)cc1C(=O)O. The standard InChI is InChI=1S/C15H21FN2O2/c1-11(10-18-7-3-2-4-8-18)17-14-6-5-12(16)9-13(14)15(19)20/h5-6,9,11,17H,2-4,7-8,10H2,1H3,(H,19,20). The van der Waals surface area contributed by atoms with Crippen LogP contribution in [0.3, 0.4) is 0 Å². The van der Waals surface area contributed by atoms with Crippen molar-refractivity contribution in [3.8, 4) is 0 Å². The summed E-state index contributed by atoms with van der Waals surface area (Å²) < 4.78 is 13.1. The molecule has 0 amide bonds. The molecule has 1 aliphatic heterocycles. The Morgan fingerprint density at radius 1 is 1.40 bits per heavy atom. The average Bonchev–Trinajstić information content (AvgIpc) is 2.41. The molecular formula is C15H21FN2O2. The van der Waals surface area contributed by atoms with Gasteiger partial charge in [-0.2, -0.15) is 0 Å². The number of hydrogen-bond acceptors (Lipinski definition) is 3. The highest BCUT2D eigenvalue weighted by atomic mass is 19.1. The maximum absolute atomic E-state index is 13.1. The zero-order valence-corrected chi connectivity index (χ0v) is 11.7. The summed E-state index contributed by atoms with van der Waals surface area (Å²) >= 11 is 0. The van der Waals surface area contributed by atoms with Crippen LogP contribution >= 0.6 is 0 Å². The monoisotopic (exact) mass is 280 g/mol. The van der Waals surface area contributed by atoms with E-state index in [9.17, 15) is 9.18 Å². The van der Waals surface area contributed by atoms with Crippen molar-refractivity contribution in [1.82, 2.24) is 4.90 Å². The summed E-state index contributed by atoms with van der Waals surface area (Å²) in [6.45, 7) is 5.09. The van der Waals surface area contributed by atoms with Gasteiger partial charge in [0.15, 0.2) is 0 Å². The van der Waals surface area contributed by atoms with Crippen molar-refractivity contribution >= 4 is 11.7 Å². The number of benzene rings is 1. The maximum atomic E-state index is 13.1. The van der Waals surface area contributed by atoms with Crippen molar-refractivity contribution in [3.05, 3.63) is 29.6 Å². The van der Waals surface area contributed by atoms with E-state index in [0.717, 1.165) is 25.7 Å². The molecule has 20 heavy (non-hydrogen) atoms. The predicted molar refractivity (Wildman–Crippen MR) is 76.7 cm³/mol. The van der Waals surface area contributed by atoms with Crippen LogP contribution in [0.15, 0.2) is 18.2 Å². The third kappa shape index (κ3) is 3.93. The Kier molecular flexibility index (Phi) is 4.95. The summed E-state index contributed by atoms with van der Waals surface area (Å²) in [6, 6.07) is 3.95. The molecule has 0 bridgehead atoms. The Hall–Kier alpha value is -1.62. The number of rotatable bonds is 5. The molecule has 1 atom stereocenters. The van der Waals surface area contributed by atoms with E-state index in [1.807, 2.05) is 6.92 Å². The first-order chi connectivity index (χ1) is 9.56. The van der Waals surface area contributed by atoms with E-state index in [2.05, 4.69) is 10.2 Å². The lowest BCUT2D eigenvalue weighted by Crippen LogP contribution is -2.38. The van der Waals surface area contributed by atoms with Gasteiger partial charge in [-0.05, 0) is 51.1 Å². The average molecular weight is 280 g/mol. The maximum Gasteiger partial charge on any atom is 0.337 e. The van der Waals surface area contributed by atoms with Crippen molar-refractivity contribution in [1.29, 1.82) is 0 Å². The first-order valence-corrected chi connectivity index (χ1v) is 7.08. The van der Waals surface area contributed by atoms with Crippen molar-refractivity contribution < 1.29 is 14.3 Å². The van der Waals surface area contributed by atoms with E-state index in [-0.39, 0.29) is 11.6 Å². The van der Waals surface area contributed by atoms with Crippen LogP contribution in [-0.2, 0) is 0 Å². The van der Waals surface area contributed by atoms with Gasteiger partial charge in [0.25, 0.3) is 0 Å². The lowest BCUT2D eigenvalue weighted by Gasteiger charge is -2.30. The molecule has 5 heteroatoms. The van der Waals surface area contributed by atoms with Gasteiger partial charge >= 0.3 is 5.97 Å². The second-order valence-corrected chi connectivity index (χ2v) is 5.40. The van der Waals surface area contributed by atoms with Crippen LogP contribution in [0.2, 0.25) is 0 Å². The lowest BCUT2D eigenvalue weighted by molar-refractivity contribution is 0.0697. The van der Waals surface area contributed by atoms with E-state index in [4.69, 9.17) is 5.11 Å². The van der Waals surface area contributed by atoms with Crippen LogP contribution < -0.4 is 5.32 Å². The van der Waals surface area contributed by atoms with Gasteiger partial charge in [-0.3, -0.25) is 0 Å². The molecule has 2 N–H and O–H groups in total. The molecule has 0 radical (unpaired) electrons. The Morgan fingerprint density at radius 2 is 2.10 bits per heavy atom. The Morgan fingerprint density at radius 3 is 2.75 bits per heavy atom. The highest BCUT2D eigenvalue weighted by molar-refractivity contribution is 5.94. The summed E-state index contributed by atoms with van der Waals surface area (Å²) in [5.74, 6) is -1.64. The summed E-state index contributed by atoms with van der Waals surface area (Å²) in [6.07, 6.45) is 3.74. The molecule has 1 aromatic carbocycles. The molecule has 0 aliphatic carbocycles. The molecule has 1 fully saturated rings. The van der Waals surface area contributed by atoms with Crippen molar-refractivity contribution in [3.63, 3.8) is 0 Å². The highest BCUT2D eigenvalue weighted by Crippen LogP contribution is 2.19. The van der Waals surface area contributed by atoms with Crippen molar-refractivity contribution in [2.75, 3.05) is 25.0 Å². The van der Waals surface area contributed by atoms with Gasteiger partial charge in [0.2, 0.25) is 0 Å². The second-order valence-electron chi connectivity index (χ2n) is 5.40. The normalized spacial score (nSPS) is 17.7. The quantitative estimate of drug-likeness (QED) is 0.871.